The molecule has 106 valence electrons. The second-order valence-corrected chi connectivity index (χ2v) is 4.97. The molecule has 2 N–H and O–H groups in total. The van der Waals surface area contributed by atoms with Gasteiger partial charge in [0.2, 0.25) is 0 Å². The van der Waals surface area contributed by atoms with Crippen LogP contribution in [0.25, 0.3) is 0 Å². The Morgan fingerprint density at radius 3 is 2.60 bits per heavy atom. The van der Waals surface area contributed by atoms with Crippen LogP contribution in [0.2, 0.25) is 5.02 Å². The van der Waals surface area contributed by atoms with Crippen LogP contribution in [-0.4, -0.2) is 13.2 Å². The van der Waals surface area contributed by atoms with Crippen molar-refractivity contribution in [2.45, 2.75) is 13.3 Å². The van der Waals surface area contributed by atoms with Crippen LogP contribution in [0, 0.1) is 6.92 Å². The zero-order valence-electron chi connectivity index (χ0n) is 11.4. The molecule has 2 aromatic rings. The van der Waals surface area contributed by atoms with Crippen LogP contribution in [0.5, 0.6) is 11.5 Å². The Bertz CT molecular complexity index is 572. The topological polar surface area (TPSA) is 44.5 Å². The first-order valence-corrected chi connectivity index (χ1v) is 6.90. The highest BCUT2D eigenvalue weighted by atomic mass is 35.5. The van der Waals surface area contributed by atoms with Crippen LogP contribution < -0.4 is 15.2 Å². The van der Waals surface area contributed by atoms with Crippen molar-refractivity contribution in [3.05, 3.63) is 53.1 Å². The van der Waals surface area contributed by atoms with Gasteiger partial charge in [-0.1, -0.05) is 17.7 Å². The van der Waals surface area contributed by atoms with Gasteiger partial charge in [-0.15, -0.1) is 0 Å². The van der Waals surface area contributed by atoms with Crippen molar-refractivity contribution in [3.8, 4) is 11.5 Å². The molecule has 0 saturated heterocycles. The van der Waals surface area contributed by atoms with Crippen molar-refractivity contribution >= 4 is 17.3 Å². The Morgan fingerprint density at radius 1 is 1.05 bits per heavy atom. The molecule has 0 unspecified atom stereocenters. The van der Waals surface area contributed by atoms with E-state index in [9.17, 15) is 0 Å². The van der Waals surface area contributed by atoms with Gasteiger partial charge in [-0.3, -0.25) is 0 Å². The van der Waals surface area contributed by atoms with Gasteiger partial charge >= 0.3 is 0 Å². The van der Waals surface area contributed by atoms with Crippen LogP contribution in [0.4, 0.5) is 5.69 Å². The lowest BCUT2D eigenvalue weighted by molar-refractivity contribution is 0.246. The maximum Gasteiger partial charge on any atom is 0.122 e. The van der Waals surface area contributed by atoms with Crippen LogP contribution in [-0.2, 0) is 0 Å². The smallest absolute Gasteiger partial charge is 0.122 e. The van der Waals surface area contributed by atoms with E-state index in [2.05, 4.69) is 0 Å². The summed E-state index contributed by atoms with van der Waals surface area (Å²) >= 11 is 5.90. The summed E-state index contributed by atoms with van der Waals surface area (Å²) in [5, 5.41) is 0.722. The van der Waals surface area contributed by atoms with Gasteiger partial charge in [0, 0.05) is 23.2 Å². The maximum absolute atomic E-state index is 5.90. The number of rotatable bonds is 6. The molecule has 2 rings (SSSR count). The Balaban J connectivity index is 1.71. The first-order chi connectivity index (χ1) is 9.65. The Kier molecular flexibility index (Phi) is 5.13. The van der Waals surface area contributed by atoms with Crippen molar-refractivity contribution in [2.75, 3.05) is 18.9 Å². The summed E-state index contributed by atoms with van der Waals surface area (Å²) in [6, 6.07) is 13.0. The molecule has 20 heavy (non-hydrogen) atoms. The van der Waals surface area contributed by atoms with Crippen molar-refractivity contribution in [1.82, 2.24) is 0 Å². The van der Waals surface area contributed by atoms with Crippen molar-refractivity contribution < 1.29 is 9.47 Å². The minimum atomic E-state index is 0.593. The van der Waals surface area contributed by atoms with E-state index in [-0.39, 0.29) is 0 Å². The lowest BCUT2D eigenvalue weighted by Gasteiger charge is -2.10. The van der Waals surface area contributed by atoms with Gasteiger partial charge in [-0.05, 0) is 42.8 Å². The molecule has 0 spiro atoms. The van der Waals surface area contributed by atoms with E-state index in [1.54, 1.807) is 0 Å². The molecular weight excluding hydrogens is 274 g/mol. The van der Waals surface area contributed by atoms with Gasteiger partial charge in [0.15, 0.2) is 0 Å². The van der Waals surface area contributed by atoms with Crippen LogP contribution in [0.15, 0.2) is 42.5 Å². The van der Waals surface area contributed by atoms with E-state index in [0.717, 1.165) is 28.5 Å². The predicted molar refractivity (Wildman–Crippen MR) is 82.7 cm³/mol. The van der Waals surface area contributed by atoms with E-state index < -0.39 is 0 Å². The summed E-state index contributed by atoms with van der Waals surface area (Å²) in [6.07, 6.45) is 0.802. The average molecular weight is 292 g/mol. The molecule has 0 aromatic heterocycles. The molecule has 0 aliphatic heterocycles. The standard InChI is InChI=1S/C16H18ClNO2/c1-12-10-13(17)6-7-16(12)20-9-3-8-19-15-5-2-4-14(18)11-15/h2,4-7,10-11H,3,8-9,18H2,1H3. The van der Waals surface area contributed by atoms with Gasteiger partial charge in [0.05, 0.1) is 13.2 Å². The molecule has 0 aliphatic rings. The van der Waals surface area contributed by atoms with Gasteiger partial charge < -0.3 is 15.2 Å². The molecule has 0 saturated carbocycles. The first-order valence-electron chi connectivity index (χ1n) is 6.52. The van der Waals surface area contributed by atoms with E-state index in [4.69, 9.17) is 26.8 Å². The van der Waals surface area contributed by atoms with Gasteiger partial charge in [0.1, 0.15) is 11.5 Å². The molecule has 4 heteroatoms. The summed E-state index contributed by atoms with van der Waals surface area (Å²) in [7, 11) is 0. The normalized spacial score (nSPS) is 10.3. The molecule has 0 heterocycles. The minimum absolute atomic E-state index is 0.593. The van der Waals surface area contributed by atoms with Crippen LogP contribution in [0.3, 0.4) is 0 Å². The molecule has 2 aromatic carbocycles. The van der Waals surface area contributed by atoms with Crippen molar-refractivity contribution in [1.29, 1.82) is 0 Å². The lowest BCUT2D eigenvalue weighted by atomic mass is 10.2. The fraction of sp³-hybridized carbons (Fsp3) is 0.250. The first kappa shape index (κ1) is 14.5. The van der Waals surface area contributed by atoms with Crippen molar-refractivity contribution in [2.24, 2.45) is 0 Å². The number of benzene rings is 2. The monoisotopic (exact) mass is 291 g/mol. The molecule has 0 radical (unpaired) electrons. The van der Waals surface area contributed by atoms with E-state index in [1.165, 1.54) is 0 Å². The third kappa shape index (κ3) is 4.35. The predicted octanol–water partition coefficient (Wildman–Crippen LogP) is 4.08. The number of ether oxygens (including phenoxy) is 2. The Morgan fingerprint density at radius 2 is 1.85 bits per heavy atom. The van der Waals surface area contributed by atoms with Crippen LogP contribution in [0.1, 0.15) is 12.0 Å². The second kappa shape index (κ2) is 7.06. The summed E-state index contributed by atoms with van der Waals surface area (Å²) < 4.78 is 11.3. The summed E-state index contributed by atoms with van der Waals surface area (Å²) in [5.74, 6) is 1.64. The highest BCUT2D eigenvalue weighted by Gasteiger charge is 2.00. The van der Waals surface area contributed by atoms with Gasteiger partial charge in [0.25, 0.3) is 0 Å². The number of hydrogen-bond acceptors (Lipinski definition) is 3. The summed E-state index contributed by atoms with van der Waals surface area (Å²) in [4.78, 5) is 0. The zero-order chi connectivity index (χ0) is 14.4. The third-order valence-corrected chi connectivity index (χ3v) is 3.05. The van der Waals surface area contributed by atoms with Gasteiger partial charge in [-0.2, -0.15) is 0 Å². The third-order valence-electron chi connectivity index (χ3n) is 2.81. The Labute approximate surface area is 124 Å². The minimum Gasteiger partial charge on any atom is -0.493 e. The average Bonchev–Trinajstić information content (AvgIpc) is 2.41. The van der Waals surface area contributed by atoms with E-state index in [0.29, 0.717) is 18.9 Å². The summed E-state index contributed by atoms with van der Waals surface area (Å²) in [5.41, 5.74) is 7.42. The molecule has 0 aliphatic carbocycles. The number of anilines is 1. The summed E-state index contributed by atoms with van der Waals surface area (Å²) in [6.45, 7) is 3.17. The second-order valence-electron chi connectivity index (χ2n) is 4.53. The van der Waals surface area contributed by atoms with E-state index in [1.807, 2.05) is 49.4 Å². The number of nitrogens with two attached hydrogens (primary N) is 1. The molecule has 0 atom stereocenters. The number of halogens is 1. The van der Waals surface area contributed by atoms with Crippen LogP contribution >= 0.6 is 11.6 Å². The number of nitrogen functional groups attached to an aromatic ring is 1. The molecule has 0 fully saturated rings. The highest BCUT2D eigenvalue weighted by molar-refractivity contribution is 6.30. The fourth-order valence-electron chi connectivity index (χ4n) is 1.81. The lowest BCUT2D eigenvalue weighted by Crippen LogP contribution is -2.05. The Hall–Kier alpha value is -1.87. The fourth-order valence-corrected chi connectivity index (χ4v) is 2.04. The molecule has 0 bridgehead atoms. The quantitative estimate of drug-likeness (QED) is 0.644. The molecule has 3 nitrogen and oxygen atoms in total. The SMILES string of the molecule is Cc1cc(Cl)ccc1OCCCOc1cccc(N)c1. The highest BCUT2D eigenvalue weighted by Crippen LogP contribution is 2.22. The zero-order valence-corrected chi connectivity index (χ0v) is 12.2. The number of aryl methyl sites for hydroxylation is 1. The maximum atomic E-state index is 5.90. The van der Waals surface area contributed by atoms with Gasteiger partial charge in [-0.25, -0.2) is 0 Å². The van der Waals surface area contributed by atoms with Crippen molar-refractivity contribution in [3.63, 3.8) is 0 Å². The molecule has 0 amide bonds. The largest absolute Gasteiger partial charge is 0.493 e. The number of hydrogen-bond donors (Lipinski definition) is 1. The van der Waals surface area contributed by atoms with E-state index >= 15 is 0 Å². The molecular formula is C16H18ClNO2.